The molecule has 1 saturated heterocycles. The molecule has 0 saturated carbocycles. The lowest BCUT2D eigenvalue weighted by Gasteiger charge is -2.31. The van der Waals surface area contributed by atoms with Crippen molar-refractivity contribution in [1.29, 1.82) is 0 Å². The molecule has 1 unspecified atom stereocenters. The highest BCUT2D eigenvalue weighted by molar-refractivity contribution is 5.92. The van der Waals surface area contributed by atoms with Crippen LogP contribution < -0.4 is 5.32 Å². The van der Waals surface area contributed by atoms with Crippen LogP contribution in [0, 0.1) is 5.92 Å². The first-order valence-corrected chi connectivity index (χ1v) is 8.24. The Morgan fingerprint density at radius 1 is 1.29 bits per heavy atom. The molecule has 2 amide bonds. The average Bonchev–Trinajstić information content (AvgIpc) is 3.16. The van der Waals surface area contributed by atoms with E-state index in [0.29, 0.717) is 31.8 Å². The number of amides is 2. The van der Waals surface area contributed by atoms with E-state index in [0.717, 1.165) is 18.5 Å². The highest BCUT2D eigenvalue weighted by atomic mass is 16.3. The summed E-state index contributed by atoms with van der Waals surface area (Å²) in [5.74, 6) is 0.0152. The third-order valence-electron chi connectivity index (χ3n) is 4.22. The van der Waals surface area contributed by atoms with Crippen LogP contribution in [0.1, 0.15) is 29.1 Å². The zero-order valence-electron chi connectivity index (χ0n) is 13.5. The first kappa shape index (κ1) is 16.2. The molecule has 0 aliphatic carbocycles. The molecule has 1 N–H and O–H groups in total. The molecule has 0 spiro atoms. The zero-order valence-corrected chi connectivity index (χ0v) is 13.5. The molecule has 0 radical (unpaired) electrons. The zero-order chi connectivity index (χ0) is 16.8. The van der Waals surface area contributed by atoms with Crippen molar-refractivity contribution in [3.8, 4) is 0 Å². The van der Waals surface area contributed by atoms with Gasteiger partial charge in [-0.05, 0) is 37.1 Å². The Balaban J connectivity index is 1.49. The van der Waals surface area contributed by atoms with Crippen molar-refractivity contribution in [2.24, 2.45) is 5.92 Å². The Labute approximate surface area is 140 Å². The maximum Gasteiger partial charge on any atom is 0.289 e. The van der Waals surface area contributed by atoms with Crippen LogP contribution in [0.2, 0.25) is 0 Å². The third-order valence-corrected chi connectivity index (χ3v) is 4.22. The van der Waals surface area contributed by atoms with Crippen molar-refractivity contribution in [3.05, 3.63) is 54.2 Å². The van der Waals surface area contributed by atoms with Crippen LogP contribution in [0.25, 0.3) is 0 Å². The van der Waals surface area contributed by atoms with Crippen LogP contribution in [0.3, 0.4) is 0 Å². The lowest BCUT2D eigenvalue weighted by atomic mass is 9.97. The maximum absolute atomic E-state index is 12.4. The van der Waals surface area contributed by atoms with E-state index in [1.807, 2.05) is 18.2 Å². The van der Waals surface area contributed by atoms with Gasteiger partial charge in [0.2, 0.25) is 5.91 Å². The van der Waals surface area contributed by atoms with E-state index in [1.54, 1.807) is 23.2 Å². The van der Waals surface area contributed by atoms with Gasteiger partial charge in [-0.1, -0.05) is 6.07 Å². The standard InChI is InChI=1S/C18H21N3O3/c22-17(20-10-8-15-6-1-2-9-19-15)14-5-3-11-21(13-14)18(23)16-7-4-12-24-16/h1-2,4,6-7,9,12,14H,3,5,8,10-11,13H2,(H,20,22). The summed E-state index contributed by atoms with van der Waals surface area (Å²) < 4.78 is 5.16. The molecule has 0 aromatic carbocycles. The molecule has 1 atom stereocenters. The average molecular weight is 327 g/mol. The molecule has 2 aromatic rings. The molecule has 1 aliphatic rings. The summed E-state index contributed by atoms with van der Waals surface area (Å²) in [6.45, 7) is 1.66. The van der Waals surface area contributed by atoms with Crippen molar-refractivity contribution in [2.45, 2.75) is 19.3 Å². The topological polar surface area (TPSA) is 75.4 Å². The predicted octanol–water partition coefficient (Wildman–Crippen LogP) is 1.89. The predicted molar refractivity (Wildman–Crippen MR) is 88.3 cm³/mol. The number of aromatic nitrogens is 1. The van der Waals surface area contributed by atoms with E-state index in [4.69, 9.17) is 4.42 Å². The summed E-state index contributed by atoms with van der Waals surface area (Å²) in [7, 11) is 0. The van der Waals surface area contributed by atoms with Gasteiger partial charge in [-0.25, -0.2) is 0 Å². The molecule has 2 aromatic heterocycles. The number of nitrogens with zero attached hydrogens (tertiary/aromatic N) is 2. The molecule has 6 heteroatoms. The first-order chi connectivity index (χ1) is 11.7. The Kier molecular flexibility index (Phi) is 5.25. The molecular formula is C18H21N3O3. The fourth-order valence-corrected chi connectivity index (χ4v) is 2.94. The summed E-state index contributed by atoms with van der Waals surface area (Å²) in [5, 5.41) is 2.95. The lowest BCUT2D eigenvalue weighted by molar-refractivity contribution is -0.126. The second kappa shape index (κ2) is 7.77. The Morgan fingerprint density at radius 2 is 2.21 bits per heavy atom. The SMILES string of the molecule is O=C(NCCc1ccccn1)C1CCCN(C(=O)c2ccco2)C1. The van der Waals surface area contributed by atoms with Gasteiger partial charge in [-0.2, -0.15) is 0 Å². The summed E-state index contributed by atoms with van der Waals surface area (Å²) in [6.07, 6.45) is 5.56. The highest BCUT2D eigenvalue weighted by Gasteiger charge is 2.29. The molecule has 1 aliphatic heterocycles. The Hall–Kier alpha value is -2.63. The first-order valence-electron chi connectivity index (χ1n) is 8.24. The highest BCUT2D eigenvalue weighted by Crippen LogP contribution is 2.19. The normalized spacial score (nSPS) is 17.5. The molecule has 0 bridgehead atoms. The van der Waals surface area contributed by atoms with Crippen LogP contribution in [0.4, 0.5) is 0 Å². The van der Waals surface area contributed by atoms with Gasteiger partial charge in [0, 0.05) is 37.9 Å². The van der Waals surface area contributed by atoms with Gasteiger partial charge in [-0.15, -0.1) is 0 Å². The Bertz CT molecular complexity index is 670. The van der Waals surface area contributed by atoms with E-state index in [9.17, 15) is 9.59 Å². The third kappa shape index (κ3) is 4.01. The molecule has 24 heavy (non-hydrogen) atoms. The van der Waals surface area contributed by atoms with Gasteiger partial charge in [-0.3, -0.25) is 14.6 Å². The van der Waals surface area contributed by atoms with Gasteiger partial charge < -0.3 is 14.6 Å². The number of hydrogen-bond donors (Lipinski definition) is 1. The van der Waals surface area contributed by atoms with Crippen molar-refractivity contribution < 1.29 is 14.0 Å². The minimum Gasteiger partial charge on any atom is -0.459 e. The summed E-state index contributed by atoms with van der Waals surface area (Å²) in [5.41, 5.74) is 0.955. The fourth-order valence-electron chi connectivity index (χ4n) is 2.94. The van der Waals surface area contributed by atoms with Crippen molar-refractivity contribution in [3.63, 3.8) is 0 Å². The van der Waals surface area contributed by atoms with Crippen LogP contribution in [-0.4, -0.2) is 41.3 Å². The van der Waals surface area contributed by atoms with E-state index in [2.05, 4.69) is 10.3 Å². The van der Waals surface area contributed by atoms with Gasteiger partial charge in [0.1, 0.15) is 0 Å². The molecular weight excluding hydrogens is 306 g/mol. The number of piperidine rings is 1. The number of likely N-dealkylation sites (tertiary alicyclic amines) is 1. The van der Waals surface area contributed by atoms with Gasteiger partial charge in [0.05, 0.1) is 12.2 Å². The van der Waals surface area contributed by atoms with Gasteiger partial charge >= 0.3 is 0 Å². The van der Waals surface area contributed by atoms with Crippen LogP contribution in [-0.2, 0) is 11.2 Å². The van der Waals surface area contributed by atoms with Gasteiger partial charge in [0.15, 0.2) is 5.76 Å². The molecule has 3 heterocycles. The minimum absolute atomic E-state index is 0.00266. The number of carbonyl (C=O) groups is 2. The fraction of sp³-hybridized carbons (Fsp3) is 0.389. The number of nitrogens with one attached hydrogen (secondary N) is 1. The molecule has 3 rings (SSSR count). The Morgan fingerprint density at radius 3 is 2.96 bits per heavy atom. The maximum atomic E-state index is 12.4. The number of rotatable bonds is 5. The van der Waals surface area contributed by atoms with Crippen molar-refractivity contribution in [1.82, 2.24) is 15.2 Å². The number of carbonyl (C=O) groups excluding carboxylic acids is 2. The smallest absolute Gasteiger partial charge is 0.289 e. The minimum atomic E-state index is -0.165. The van der Waals surface area contributed by atoms with Crippen molar-refractivity contribution in [2.75, 3.05) is 19.6 Å². The van der Waals surface area contributed by atoms with Crippen molar-refractivity contribution >= 4 is 11.8 Å². The van der Waals surface area contributed by atoms with Crippen LogP contribution in [0.5, 0.6) is 0 Å². The summed E-state index contributed by atoms with van der Waals surface area (Å²) in [4.78, 5) is 30.6. The summed E-state index contributed by atoms with van der Waals surface area (Å²) in [6, 6.07) is 9.09. The van der Waals surface area contributed by atoms with E-state index < -0.39 is 0 Å². The monoisotopic (exact) mass is 327 g/mol. The quantitative estimate of drug-likeness (QED) is 0.910. The largest absolute Gasteiger partial charge is 0.459 e. The molecule has 6 nitrogen and oxygen atoms in total. The van der Waals surface area contributed by atoms with E-state index in [-0.39, 0.29) is 17.7 Å². The molecule has 1 fully saturated rings. The summed E-state index contributed by atoms with van der Waals surface area (Å²) >= 11 is 0. The van der Waals surface area contributed by atoms with Crippen LogP contribution >= 0.6 is 0 Å². The number of hydrogen-bond acceptors (Lipinski definition) is 4. The number of furan rings is 1. The molecule has 126 valence electrons. The lowest BCUT2D eigenvalue weighted by Crippen LogP contribution is -2.45. The number of pyridine rings is 1. The van der Waals surface area contributed by atoms with E-state index >= 15 is 0 Å². The second-order valence-corrected chi connectivity index (χ2v) is 5.93. The van der Waals surface area contributed by atoms with E-state index in [1.165, 1.54) is 6.26 Å². The van der Waals surface area contributed by atoms with Crippen LogP contribution in [0.15, 0.2) is 47.2 Å². The van der Waals surface area contributed by atoms with Gasteiger partial charge in [0.25, 0.3) is 5.91 Å². The second-order valence-electron chi connectivity index (χ2n) is 5.93.